The molecule has 1 aromatic heterocycles. The van der Waals surface area contributed by atoms with Crippen molar-refractivity contribution in [2.75, 3.05) is 6.54 Å². The molecule has 4 N–H and O–H groups in total. The SMILES string of the molecule is CCCCNC(=O)[C@H](Cc1c(Br)[nH]c2ccc(O)cc12)NC(=O)C(F)(F)F. The third kappa shape index (κ3) is 5.38. The second-order valence-corrected chi connectivity index (χ2v) is 6.81. The number of carbonyl (C=O) groups is 2. The molecule has 27 heavy (non-hydrogen) atoms. The number of alkyl halides is 3. The number of amides is 2. The van der Waals surface area contributed by atoms with E-state index in [2.05, 4.69) is 26.2 Å². The summed E-state index contributed by atoms with van der Waals surface area (Å²) in [6, 6.07) is 3.07. The molecule has 0 radical (unpaired) electrons. The number of carbonyl (C=O) groups excluding carboxylic acids is 2. The predicted octanol–water partition coefficient (Wildman–Crippen LogP) is 3.14. The van der Waals surface area contributed by atoms with Gasteiger partial charge in [0.2, 0.25) is 5.91 Å². The van der Waals surface area contributed by atoms with E-state index in [1.165, 1.54) is 12.1 Å². The van der Waals surface area contributed by atoms with Crippen molar-refractivity contribution in [2.24, 2.45) is 0 Å². The van der Waals surface area contributed by atoms with E-state index in [9.17, 15) is 27.9 Å². The van der Waals surface area contributed by atoms with Crippen LogP contribution < -0.4 is 10.6 Å². The third-order valence-corrected chi connectivity index (χ3v) is 4.63. The second-order valence-electron chi connectivity index (χ2n) is 6.02. The second kappa shape index (κ2) is 8.64. The highest BCUT2D eigenvalue weighted by atomic mass is 79.9. The number of hydrogen-bond donors (Lipinski definition) is 4. The van der Waals surface area contributed by atoms with E-state index < -0.39 is 24.0 Å². The first-order valence-electron chi connectivity index (χ1n) is 8.28. The number of H-pyrrole nitrogens is 1. The molecular weight excluding hydrogens is 431 g/mol. The van der Waals surface area contributed by atoms with Crippen LogP contribution in [-0.4, -0.2) is 40.7 Å². The van der Waals surface area contributed by atoms with E-state index in [1.54, 1.807) is 11.4 Å². The Hall–Kier alpha value is -2.23. The van der Waals surface area contributed by atoms with Crippen molar-refractivity contribution in [2.45, 2.75) is 38.4 Å². The maximum atomic E-state index is 12.7. The molecule has 0 unspecified atom stereocenters. The van der Waals surface area contributed by atoms with Crippen molar-refractivity contribution in [1.82, 2.24) is 15.6 Å². The zero-order valence-corrected chi connectivity index (χ0v) is 16.0. The van der Waals surface area contributed by atoms with Crippen LogP contribution in [0.2, 0.25) is 0 Å². The fraction of sp³-hybridized carbons (Fsp3) is 0.412. The number of halogens is 4. The van der Waals surface area contributed by atoms with Gasteiger partial charge < -0.3 is 20.7 Å². The molecule has 2 amide bonds. The monoisotopic (exact) mass is 449 g/mol. The summed E-state index contributed by atoms with van der Waals surface area (Å²) in [5, 5.41) is 14.5. The van der Waals surface area contributed by atoms with Gasteiger partial charge in [-0.3, -0.25) is 9.59 Å². The molecule has 1 aromatic carbocycles. The van der Waals surface area contributed by atoms with Crippen LogP contribution in [0.1, 0.15) is 25.3 Å². The highest BCUT2D eigenvalue weighted by Gasteiger charge is 2.41. The number of nitrogens with one attached hydrogen (secondary N) is 3. The lowest BCUT2D eigenvalue weighted by Gasteiger charge is -2.19. The smallest absolute Gasteiger partial charge is 0.471 e. The van der Waals surface area contributed by atoms with E-state index in [1.807, 2.05) is 6.92 Å². The van der Waals surface area contributed by atoms with Crippen LogP contribution in [0.15, 0.2) is 22.8 Å². The molecule has 0 aliphatic heterocycles. The normalized spacial score (nSPS) is 12.8. The number of phenolic OH excluding ortho intramolecular Hbond substituents is 1. The van der Waals surface area contributed by atoms with Crippen molar-refractivity contribution in [3.8, 4) is 5.75 Å². The summed E-state index contributed by atoms with van der Waals surface area (Å²) in [6.45, 7) is 2.20. The molecule has 0 fully saturated rings. The van der Waals surface area contributed by atoms with Gasteiger partial charge in [-0.15, -0.1) is 0 Å². The fourth-order valence-corrected chi connectivity index (χ4v) is 3.16. The maximum Gasteiger partial charge on any atom is 0.471 e. The Morgan fingerprint density at radius 3 is 2.67 bits per heavy atom. The quantitative estimate of drug-likeness (QED) is 0.489. The molecule has 1 atom stereocenters. The summed E-state index contributed by atoms with van der Waals surface area (Å²) < 4.78 is 38.4. The number of fused-ring (bicyclic) bond motifs is 1. The summed E-state index contributed by atoms with van der Waals surface area (Å²) in [4.78, 5) is 26.7. The number of hydrogen-bond acceptors (Lipinski definition) is 3. The average molecular weight is 450 g/mol. The van der Waals surface area contributed by atoms with Gasteiger partial charge in [0.25, 0.3) is 0 Å². The number of aromatic hydroxyl groups is 1. The van der Waals surface area contributed by atoms with Gasteiger partial charge in [0.1, 0.15) is 11.8 Å². The van der Waals surface area contributed by atoms with Gasteiger partial charge in [-0.05, 0) is 46.1 Å². The summed E-state index contributed by atoms with van der Waals surface area (Å²) in [6.07, 6.45) is -3.83. The molecule has 2 rings (SSSR count). The first-order chi connectivity index (χ1) is 12.6. The number of aromatic amines is 1. The number of unbranched alkanes of at least 4 members (excludes halogenated alkanes) is 1. The van der Waals surface area contributed by atoms with Crippen molar-refractivity contribution in [3.05, 3.63) is 28.4 Å². The first-order valence-corrected chi connectivity index (χ1v) is 9.07. The van der Waals surface area contributed by atoms with Gasteiger partial charge in [-0.2, -0.15) is 13.2 Å². The average Bonchev–Trinajstić information content (AvgIpc) is 2.88. The summed E-state index contributed by atoms with van der Waals surface area (Å²) in [5.74, 6) is -2.92. The van der Waals surface area contributed by atoms with E-state index in [0.29, 0.717) is 34.0 Å². The van der Waals surface area contributed by atoms with Crippen LogP contribution in [-0.2, 0) is 16.0 Å². The Kier molecular flexibility index (Phi) is 6.74. The Balaban J connectivity index is 2.30. The third-order valence-electron chi connectivity index (χ3n) is 3.95. The van der Waals surface area contributed by atoms with Crippen LogP contribution in [0.4, 0.5) is 13.2 Å². The van der Waals surface area contributed by atoms with Crippen LogP contribution in [0, 0.1) is 0 Å². The van der Waals surface area contributed by atoms with Crippen molar-refractivity contribution >= 4 is 38.6 Å². The highest BCUT2D eigenvalue weighted by molar-refractivity contribution is 9.10. The standard InChI is InChI=1S/C17H19BrF3N3O3/c1-2-3-6-22-15(26)13(24-16(27)17(19,20)21)8-11-10-7-9(25)4-5-12(10)23-14(11)18/h4-5,7,13,23,25H,2-3,6,8H2,1H3,(H,22,26)(H,24,27)/t13-/m0/s1. The minimum atomic E-state index is -5.10. The van der Waals surface area contributed by atoms with Gasteiger partial charge in [0.05, 0.1) is 4.60 Å². The topological polar surface area (TPSA) is 94.2 Å². The highest BCUT2D eigenvalue weighted by Crippen LogP contribution is 2.30. The van der Waals surface area contributed by atoms with Gasteiger partial charge in [0.15, 0.2) is 0 Å². The first kappa shape index (κ1) is 21.1. The molecular formula is C17H19BrF3N3O3. The van der Waals surface area contributed by atoms with E-state index >= 15 is 0 Å². The Labute approximate surface area is 161 Å². The largest absolute Gasteiger partial charge is 0.508 e. The molecule has 0 saturated heterocycles. The van der Waals surface area contributed by atoms with Crippen molar-refractivity contribution in [3.63, 3.8) is 0 Å². The molecule has 2 aromatic rings. The molecule has 0 aliphatic carbocycles. The molecule has 1 heterocycles. The van der Waals surface area contributed by atoms with Gasteiger partial charge in [-0.25, -0.2) is 0 Å². The maximum absolute atomic E-state index is 12.7. The predicted molar refractivity (Wildman–Crippen MR) is 97.3 cm³/mol. The molecule has 10 heteroatoms. The molecule has 0 bridgehead atoms. The molecule has 6 nitrogen and oxygen atoms in total. The number of benzene rings is 1. The molecule has 0 saturated carbocycles. The Morgan fingerprint density at radius 2 is 2.04 bits per heavy atom. The zero-order valence-electron chi connectivity index (χ0n) is 14.4. The molecule has 0 aliphatic rings. The molecule has 0 spiro atoms. The lowest BCUT2D eigenvalue weighted by molar-refractivity contribution is -0.174. The van der Waals surface area contributed by atoms with E-state index in [0.717, 1.165) is 6.42 Å². The molecule has 148 valence electrons. The zero-order chi connectivity index (χ0) is 20.2. The van der Waals surface area contributed by atoms with Crippen LogP contribution in [0.5, 0.6) is 5.75 Å². The summed E-state index contributed by atoms with van der Waals surface area (Å²) in [5.41, 5.74) is 1.10. The number of aromatic nitrogens is 1. The van der Waals surface area contributed by atoms with Crippen molar-refractivity contribution in [1.29, 1.82) is 0 Å². The number of rotatable bonds is 7. The number of phenols is 1. The lowest BCUT2D eigenvalue weighted by Crippen LogP contribution is -2.51. The van der Waals surface area contributed by atoms with E-state index in [4.69, 9.17) is 0 Å². The minimum Gasteiger partial charge on any atom is -0.508 e. The van der Waals surface area contributed by atoms with Gasteiger partial charge in [0, 0.05) is 23.9 Å². The van der Waals surface area contributed by atoms with E-state index in [-0.39, 0.29) is 12.2 Å². The summed E-state index contributed by atoms with van der Waals surface area (Å²) in [7, 11) is 0. The van der Waals surface area contributed by atoms with Gasteiger partial charge in [-0.1, -0.05) is 13.3 Å². The van der Waals surface area contributed by atoms with Crippen molar-refractivity contribution < 1.29 is 27.9 Å². The van der Waals surface area contributed by atoms with Crippen LogP contribution in [0.3, 0.4) is 0 Å². The van der Waals surface area contributed by atoms with Crippen LogP contribution >= 0.6 is 15.9 Å². The minimum absolute atomic E-state index is 0.0291. The Bertz CT molecular complexity index is 836. The fourth-order valence-electron chi connectivity index (χ4n) is 2.57. The van der Waals surface area contributed by atoms with Crippen LogP contribution in [0.25, 0.3) is 10.9 Å². The Morgan fingerprint density at radius 1 is 1.33 bits per heavy atom. The summed E-state index contributed by atoms with van der Waals surface area (Å²) >= 11 is 3.28. The van der Waals surface area contributed by atoms with Gasteiger partial charge >= 0.3 is 12.1 Å². The lowest BCUT2D eigenvalue weighted by atomic mass is 10.0.